The van der Waals surface area contributed by atoms with Crippen LogP contribution in [0.25, 0.3) is 5.65 Å². The Hall–Kier alpha value is -2.90. The SMILES string of the molecule is C=CC(=O)N1CCc2nc3cc([C@H]4CCCCN4C(C)=O)[nH]n3c(=O)c2C1. The van der Waals surface area contributed by atoms with Gasteiger partial charge in [-0.15, -0.1) is 0 Å². The van der Waals surface area contributed by atoms with Gasteiger partial charge in [-0.2, -0.15) is 0 Å². The van der Waals surface area contributed by atoms with Gasteiger partial charge in [0.15, 0.2) is 5.65 Å². The normalized spacial score (nSPS) is 19.8. The molecule has 0 radical (unpaired) electrons. The molecule has 8 nitrogen and oxygen atoms in total. The van der Waals surface area contributed by atoms with Gasteiger partial charge in [-0.1, -0.05) is 6.58 Å². The maximum absolute atomic E-state index is 13.0. The molecule has 0 aromatic carbocycles. The number of H-pyrrole nitrogens is 1. The van der Waals surface area contributed by atoms with Gasteiger partial charge in [-0.3, -0.25) is 19.5 Å². The van der Waals surface area contributed by atoms with Gasteiger partial charge in [0.1, 0.15) is 0 Å². The Bertz CT molecular complexity index is 989. The lowest BCUT2D eigenvalue weighted by atomic mass is 9.99. The van der Waals surface area contributed by atoms with Crippen LogP contribution in [-0.4, -0.2) is 49.3 Å². The Morgan fingerprint density at radius 1 is 1.33 bits per heavy atom. The molecule has 4 rings (SSSR count). The van der Waals surface area contributed by atoms with Crippen LogP contribution in [0.15, 0.2) is 23.5 Å². The number of carbonyl (C=O) groups excluding carboxylic acids is 2. The van der Waals surface area contributed by atoms with E-state index in [-0.39, 0.29) is 30.0 Å². The molecule has 4 heterocycles. The van der Waals surface area contributed by atoms with Crippen LogP contribution in [-0.2, 0) is 22.6 Å². The number of carbonyl (C=O) groups is 2. The van der Waals surface area contributed by atoms with Crippen molar-refractivity contribution in [2.24, 2.45) is 0 Å². The van der Waals surface area contributed by atoms with Crippen molar-refractivity contribution in [1.29, 1.82) is 0 Å². The first-order chi connectivity index (χ1) is 13.0. The zero-order valence-corrected chi connectivity index (χ0v) is 15.4. The average molecular weight is 369 g/mol. The first kappa shape index (κ1) is 17.5. The molecule has 27 heavy (non-hydrogen) atoms. The van der Waals surface area contributed by atoms with Gasteiger partial charge in [0.2, 0.25) is 11.8 Å². The highest BCUT2D eigenvalue weighted by molar-refractivity contribution is 5.87. The number of hydrogen-bond donors (Lipinski definition) is 1. The number of rotatable bonds is 2. The highest BCUT2D eigenvalue weighted by Crippen LogP contribution is 2.30. The van der Waals surface area contributed by atoms with E-state index in [9.17, 15) is 14.4 Å². The second-order valence-corrected chi connectivity index (χ2v) is 7.19. The van der Waals surface area contributed by atoms with E-state index in [1.807, 2.05) is 11.0 Å². The van der Waals surface area contributed by atoms with Crippen molar-refractivity contribution in [2.75, 3.05) is 13.1 Å². The standard InChI is InChI=1S/C19H23N5O3/c1-3-18(26)22-9-7-14-13(11-22)19(27)24-17(20-14)10-15(21-24)16-6-4-5-8-23(16)12(2)25/h3,10,16,21H,1,4-9,11H2,2H3/t16-/m1/s1. The fraction of sp³-hybridized carbons (Fsp3) is 0.474. The molecule has 2 amide bonds. The number of nitrogens with one attached hydrogen (secondary N) is 1. The first-order valence-electron chi connectivity index (χ1n) is 9.31. The van der Waals surface area contributed by atoms with E-state index in [1.165, 1.54) is 10.6 Å². The predicted molar refractivity (Wildman–Crippen MR) is 99.1 cm³/mol. The van der Waals surface area contributed by atoms with Crippen LogP contribution in [0.5, 0.6) is 0 Å². The molecule has 142 valence electrons. The third-order valence-corrected chi connectivity index (χ3v) is 5.53. The van der Waals surface area contributed by atoms with Crippen LogP contribution in [0.1, 0.15) is 49.2 Å². The van der Waals surface area contributed by atoms with Gasteiger partial charge in [-0.05, 0) is 25.3 Å². The number of nitrogens with zero attached hydrogens (tertiary/aromatic N) is 4. The molecule has 2 aliphatic rings. The molecule has 1 N–H and O–H groups in total. The molecule has 0 spiro atoms. The number of fused-ring (bicyclic) bond motifs is 2. The smallest absolute Gasteiger partial charge is 0.277 e. The lowest BCUT2D eigenvalue weighted by Gasteiger charge is -2.34. The first-order valence-corrected chi connectivity index (χ1v) is 9.31. The van der Waals surface area contributed by atoms with E-state index in [4.69, 9.17) is 0 Å². The largest absolute Gasteiger partial charge is 0.334 e. The van der Waals surface area contributed by atoms with Crippen molar-refractivity contribution in [3.8, 4) is 0 Å². The van der Waals surface area contributed by atoms with E-state index >= 15 is 0 Å². The third kappa shape index (κ3) is 2.94. The second-order valence-electron chi connectivity index (χ2n) is 7.19. The molecule has 8 heteroatoms. The van der Waals surface area contributed by atoms with Crippen LogP contribution in [0.2, 0.25) is 0 Å². The van der Waals surface area contributed by atoms with E-state index < -0.39 is 0 Å². The summed E-state index contributed by atoms with van der Waals surface area (Å²) in [6.07, 6.45) is 4.71. The molecule has 2 aromatic heterocycles. The van der Waals surface area contributed by atoms with Crippen molar-refractivity contribution in [3.05, 3.63) is 46.0 Å². The Labute approximate surface area is 156 Å². The summed E-state index contributed by atoms with van der Waals surface area (Å²) in [7, 11) is 0. The minimum atomic E-state index is -0.187. The summed E-state index contributed by atoms with van der Waals surface area (Å²) in [5.74, 6) is -0.145. The number of aromatic nitrogens is 3. The Morgan fingerprint density at radius 3 is 2.89 bits per heavy atom. The summed E-state index contributed by atoms with van der Waals surface area (Å²) in [6, 6.07) is 1.81. The van der Waals surface area contributed by atoms with Crippen molar-refractivity contribution in [1.82, 2.24) is 24.4 Å². The van der Waals surface area contributed by atoms with Crippen LogP contribution in [0, 0.1) is 0 Å². The molecule has 0 bridgehead atoms. The van der Waals surface area contributed by atoms with E-state index in [1.54, 1.807) is 11.8 Å². The fourth-order valence-corrected chi connectivity index (χ4v) is 4.12. The van der Waals surface area contributed by atoms with Gasteiger partial charge < -0.3 is 9.80 Å². The van der Waals surface area contributed by atoms with Crippen molar-refractivity contribution >= 4 is 17.5 Å². The number of amides is 2. The molecule has 1 saturated heterocycles. The molecular formula is C19H23N5O3. The minimum Gasteiger partial charge on any atom is -0.334 e. The van der Waals surface area contributed by atoms with Crippen LogP contribution < -0.4 is 5.56 Å². The van der Waals surface area contributed by atoms with Gasteiger partial charge in [-0.25, -0.2) is 9.50 Å². The minimum absolute atomic E-state index is 0.0385. The number of likely N-dealkylation sites (tertiary alicyclic amines) is 1. The van der Waals surface area contributed by atoms with Gasteiger partial charge in [0.05, 0.1) is 29.5 Å². The van der Waals surface area contributed by atoms with Crippen LogP contribution in [0.4, 0.5) is 0 Å². The highest BCUT2D eigenvalue weighted by atomic mass is 16.2. The van der Waals surface area contributed by atoms with Crippen molar-refractivity contribution in [3.63, 3.8) is 0 Å². The Morgan fingerprint density at radius 2 is 2.15 bits per heavy atom. The van der Waals surface area contributed by atoms with Crippen molar-refractivity contribution < 1.29 is 9.59 Å². The van der Waals surface area contributed by atoms with Crippen molar-refractivity contribution in [2.45, 2.75) is 45.2 Å². The summed E-state index contributed by atoms with van der Waals surface area (Å²) in [4.78, 5) is 45.0. The topological polar surface area (TPSA) is 90.8 Å². The molecule has 0 aliphatic carbocycles. The summed E-state index contributed by atoms with van der Waals surface area (Å²) >= 11 is 0. The van der Waals surface area contributed by atoms with Gasteiger partial charge in [0, 0.05) is 32.5 Å². The molecule has 1 fully saturated rings. The summed E-state index contributed by atoms with van der Waals surface area (Å²) < 4.78 is 1.43. The molecule has 1 atom stereocenters. The monoisotopic (exact) mass is 369 g/mol. The van der Waals surface area contributed by atoms with E-state index in [0.717, 1.165) is 37.2 Å². The molecule has 2 aromatic rings. The molecular weight excluding hydrogens is 346 g/mol. The molecule has 0 unspecified atom stereocenters. The van der Waals surface area contributed by atoms with Crippen LogP contribution >= 0.6 is 0 Å². The van der Waals surface area contributed by atoms with Crippen LogP contribution in [0.3, 0.4) is 0 Å². The van der Waals surface area contributed by atoms with E-state index in [2.05, 4.69) is 16.7 Å². The summed E-state index contributed by atoms with van der Waals surface area (Å²) in [5, 5.41) is 3.15. The highest BCUT2D eigenvalue weighted by Gasteiger charge is 2.29. The number of piperidine rings is 1. The fourth-order valence-electron chi connectivity index (χ4n) is 4.12. The van der Waals surface area contributed by atoms with Gasteiger partial charge >= 0.3 is 0 Å². The molecule has 0 saturated carbocycles. The summed E-state index contributed by atoms with van der Waals surface area (Å²) in [6.45, 7) is 6.59. The number of hydrogen-bond acceptors (Lipinski definition) is 4. The maximum Gasteiger partial charge on any atom is 0.277 e. The lowest BCUT2D eigenvalue weighted by molar-refractivity contribution is -0.132. The number of aromatic amines is 1. The molecule has 2 aliphatic heterocycles. The van der Waals surface area contributed by atoms with E-state index in [0.29, 0.717) is 24.2 Å². The Kier molecular flexibility index (Phi) is 4.33. The zero-order valence-electron chi connectivity index (χ0n) is 15.4. The average Bonchev–Trinajstić information content (AvgIpc) is 3.11. The quantitative estimate of drug-likeness (QED) is 0.805. The zero-order chi connectivity index (χ0) is 19.1. The predicted octanol–water partition coefficient (Wildman–Crippen LogP) is 1.17. The third-order valence-electron chi connectivity index (χ3n) is 5.53. The second kappa shape index (κ2) is 6.68. The maximum atomic E-state index is 13.0. The summed E-state index contributed by atoms with van der Waals surface area (Å²) in [5.41, 5.74) is 2.48. The Balaban J connectivity index is 1.75. The van der Waals surface area contributed by atoms with Gasteiger partial charge in [0.25, 0.3) is 5.56 Å². The lowest BCUT2D eigenvalue weighted by Crippen LogP contribution is -2.39.